The summed E-state index contributed by atoms with van der Waals surface area (Å²) in [6.07, 6.45) is 6.87. The summed E-state index contributed by atoms with van der Waals surface area (Å²) in [4.78, 5) is 0. The third-order valence-electron chi connectivity index (χ3n) is 3.26. The van der Waals surface area contributed by atoms with Crippen LogP contribution in [-0.4, -0.2) is 18.8 Å². The highest BCUT2D eigenvalue weighted by molar-refractivity contribution is 5.08. The molecule has 0 aromatic carbocycles. The fourth-order valence-corrected chi connectivity index (χ4v) is 2.41. The number of nitrogens with two attached hydrogens (primary N) is 1. The van der Waals surface area contributed by atoms with Crippen molar-refractivity contribution in [2.24, 2.45) is 11.7 Å². The molecule has 84 valence electrons. The molecule has 2 heterocycles. The molecular weight excluding hydrogens is 190 g/mol. The summed E-state index contributed by atoms with van der Waals surface area (Å²) < 4.78 is 10.7. The van der Waals surface area contributed by atoms with Gasteiger partial charge >= 0.3 is 0 Å². The minimum atomic E-state index is 0.190. The van der Waals surface area contributed by atoms with Crippen molar-refractivity contribution in [3.8, 4) is 0 Å². The van der Waals surface area contributed by atoms with Gasteiger partial charge in [-0.3, -0.25) is 0 Å². The minimum absolute atomic E-state index is 0.190. The average Bonchev–Trinajstić information content (AvgIpc) is 2.86. The topological polar surface area (TPSA) is 48.4 Å². The molecule has 3 nitrogen and oxygen atoms in total. The largest absolute Gasteiger partial charge is 0.472 e. The van der Waals surface area contributed by atoms with Crippen molar-refractivity contribution < 1.29 is 9.15 Å². The van der Waals surface area contributed by atoms with Crippen molar-refractivity contribution in [1.82, 2.24) is 0 Å². The van der Waals surface area contributed by atoms with Crippen LogP contribution in [0.4, 0.5) is 0 Å². The SMILES string of the molecule is CCC1OCCC1C(N)Cc1ccoc1. The first-order chi connectivity index (χ1) is 7.31. The molecule has 2 rings (SSSR count). The zero-order valence-corrected chi connectivity index (χ0v) is 9.19. The first-order valence-electron chi connectivity index (χ1n) is 5.69. The molecule has 1 aromatic rings. The van der Waals surface area contributed by atoms with E-state index in [1.165, 1.54) is 5.56 Å². The van der Waals surface area contributed by atoms with Crippen LogP contribution in [0.15, 0.2) is 23.0 Å². The molecule has 3 heteroatoms. The highest BCUT2D eigenvalue weighted by atomic mass is 16.5. The summed E-state index contributed by atoms with van der Waals surface area (Å²) in [5.74, 6) is 0.505. The van der Waals surface area contributed by atoms with Gasteiger partial charge in [-0.25, -0.2) is 0 Å². The van der Waals surface area contributed by atoms with Gasteiger partial charge in [0.25, 0.3) is 0 Å². The fraction of sp³-hybridized carbons (Fsp3) is 0.667. The second-order valence-electron chi connectivity index (χ2n) is 4.27. The van der Waals surface area contributed by atoms with Crippen molar-refractivity contribution in [2.75, 3.05) is 6.61 Å². The molecule has 1 aromatic heterocycles. The fourth-order valence-electron chi connectivity index (χ4n) is 2.41. The zero-order valence-electron chi connectivity index (χ0n) is 9.19. The molecule has 0 aliphatic carbocycles. The van der Waals surface area contributed by atoms with Gasteiger partial charge < -0.3 is 14.9 Å². The Bertz CT molecular complexity index is 284. The molecular formula is C12H19NO2. The van der Waals surface area contributed by atoms with E-state index in [9.17, 15) is 0 Å². The van der Waals surface area contributed by atoms with Gasteiger partial charge in [0.15, 0.2) is 0 Å². The Morgan fingerprint density at radius 3 is 3.13 bits per heavy atom. The van der Waals surface area contributed by atoms with Gasteiger partial charge in [-0.2, -0.15) is 0 Å². The van der Waals surface area contributed by atoms with E-state index in [2.05, 4.69) is 6.92 Å². The molecule has 1 aliphatic heterocycles. The number of ether oxygens (including phenoxy) is 1. The molecule has 0 bridgehead atoms. The Labute approximate surface area is 90.6 Å². The van der Waals surface area contributed by atoms with Gasteiger partial charge in [-0.05, 0) is 30.9 Å². The highest BCUT2D eigenvalue weighted by Gasteiger charge is 2.31. The van der Waals surface area contributed by atoms with E-state index in [4.69, 9.17) is 14.9 Å². The van der Waals surface area contributed by atoms with Gasteiger partial charge in [-0.1, -0.05) is 6.92 Å². The van der Waals surface area contributed by atoms with Crippen LogP contribution in [0.1, 0.15) is 25.3 Å². The Morgan fingerprint density at radius 1 is 1.60 bits per heavy atom. The minimum Gasteiger partial charge on any atom is -0.472 e. The Kier molecular flexibility index (Phi) is 3.44. The van der Waals surface area contributed by atoms with Crippen LogP contribution in [0.5, 0.6) is 0 Å². The van der Waals surface area contributed by atoms with E-state index in [-0.39, 0.29) is 6.04 Å². The van der Waals surface area contributed by atoms with E-state index < -0.39 is 0 Å². The maximum Gasteiger partial charge on any atom is 0.0935 e. The zero-order chi connectivity index (χ0) is 10.7. The van der Waals surface area contributed by atoms with Crippen LogP contribution < -0.4 is 5.73 Å². The predicted octanol–water partition coefficient (Wildman–Crippen LogP) is 1.96. The molecule has 3 unspecified atom stereocenters. The predicted molar refractivity (Wildman–Crippen MR) is 58.5 cm³/mol. The van der Waals surface area contributed by atoms with E-state index in [1.807, 2.05) is 6.07 Å². The third-order valence-corrected chi connectivity index (χ3v) is 3.26. The van der Waals surface area contributed by atoms with Crippen LogP contribution in [0.3, 0.4) is 0 Å². The van der Waals surface area contributed by atoms with Gasteiger partial charge in [0.2, 0.25) is 0 Å². The molecule has 1 saturated heterocycles. The van der Waals surface area contributed by atoms with Crippen LogP contribution in [0.25, 0.3) is 0 Å². The van der Waals surface area contributed by atoms with Crippen molar-refractivity contribution in [3.05, 3.63) is 24.2 Å². The van der Waals surface area contributed by atoms with Crippen LogP contribution in [0, 0.1) is 5.92 Å². The molecule has 3 atom stereocenters. The summed E-state index contributed by atoms with van der Waals surface area (Å²) in [6.45, 7) is 3.02. The molecule has 1 aliphatic rings. The Balaban J connectivity index is 1.92. The van der Waals surface area contributed by atoms with Crippen molar-refractivity contribution >= 4 is 0 Å². The van der Waals surface area contributed by atoms with Gasteiger partial charge in [0.1, 0.15) is 0 Å². The second-order valence-corrected chi connectivity index (χ2v) is 4.27. The number of hydrogen-bond donors (Lipinski definition) is 1. The van der Waals surface area contributed by atoms with Gasteiger partial charge in [-0.15, -0.1) is 0 Å². The molecule has 15 heavy (non-hydrogen) atoms. The summed E-state index contributed by atoms with van der Waals surface area (Å²) >= 11 is 0. The molecule has 2 N–H and O–H groups in total. The van der Waals surface area contributed by atoms with Crippen molar-refractivity contribution in [3.63, 3.8) is 0 Å². The van der Waals surface area contributed by atoms with Gasteiger partial charge in [0, 0.05) is 18.6 Å². The van der Waals surface area contributed by atoms with E-state index >= 15 is 0 Å². The molecule has 0 amide bonds. The lowest BCUT2D eigenvalue weighted by Gasteiger charge is -2.23. The monoisotopic (exact) mass is 209 g/mol. The molecule has 0 spiro atoms. The quantitative estimate of drug-likeness (QED) is 0.824. The van der Waals surface area contributed by atoms with Crippen LogP contribution >= 0.6 is 0 Å². The standard InChI is InChI=1S/C12H19NO2/c1-2-12-10(4-6-15-12)11(13)7-9-3-5-14-8-9/h3,5,8,10-12H,2,4,6-7,13H2,1H3. The first-order valence-corrected chi connectivity index (χ1v) is 5.69. The van der Waals surface area contributed by atoms with Crippen LogP contribution in [0.2, 0.25) is 0 Å². The molecule has 1 fully saturated rings. The second kappa shape index (κ2) is 4.81. The maximum atomic E-state index is 6.21. The summed E-state index contributed by atoms with van der Waals surface area (Å²) in [7, 11) is 0. The maximum absolute atomic E-state index is 6.21. The number of hydrogen-bond acceptors (Lipinski definition) is 3. The summed E-state index contributed by atoms with van der Waals surface area (Å²) in [6, 6.07) is 2.17. The number of furan rings is 1. The summed E-state index contributed by atoms with van der Waals surface area (Å²) in [5, 5.41) is 0. The molecule has 0 saturated carbocycles. The van der Waals surface area contributed by atoms with E-state index in [1.54, 1.807) is 12.5 Å². The van der Waals surface area contributed by atoms with E-state index in [0.29, 0.717) is 12.0 Å². The molecule has 0 radical (unpaired) electrons. The highest BCUT2D eigenvalue weighted by Crippen LogP contribution is 2.27. The third kappa shape index (κ3) is 2.41. The normalized spacial score (nSPS) is 28.1. The smallest absolute Gasteiger partial charge is 0.0935 e. The average molecular weight is 209 g/mol. The lowest BCUT2D eigenvalue weighted by Crippen LogP contribution is -2.36. The lowest BCUT2D eigenvalue weighted by molar-refractivity contribution is 0.0814. The Hall–Kier alpha value is -0.800. The first kappa shape index (κ1) is 10.7. The van der Waals surface area contributed by atoms with Gasteiger partial charge in [0.05, 0.1) is 18.6 Å². The Morgan fingerprint density at radius 2 is 2.47 bits per heavy atom. The van der Waals surface area contributed by atoms with E-state index in [0.717, 1.165) is 25.9 Å². The van der Waals surface area contributed by atoms with Crippen LogP contribution in [-0.2, 0) is 11.2 Å². The lowest BCUT2D eigenvalue weighted by atomic mass is 9.88. The van der Waals surface area contributed by atoms with Crippen molar-refractivity contribution in [2.45, 2.75) is 38.3 Å². The summed E-state index contributed by atoms with van der Waals surface area (Å²) in [5.41, 5.74) is 7.40. The number of rotatable bonds is 4. The van der Waals surface area contributed by atoms with Crippen molar-refractivity contribution in [1.29, 1.82) is 0 Å².